The van der Waals surface area contributed by atoms with Crippen molar-refractivity contribution in [3.05, 3.63) is 82.4 Å². The van der Waals surface area contributed by atoms with E-state index in [4.69, 9.17) is 0 Å². The molecule has 0 aliphatic heterocycles. The van der Waals surface area contributed by atoms with Crippen molar-refractivity contribution >= 4 is 11.1 Å². The minimum absolute atomic E-state index is 0.556. The summed E-state index contributed by atoms with van der Waals surface area (Å²) in [5, 5.41) is 0. The minimum Gasteiger partial charge on any atom is -0.0731 e. The van der Waals surface area contributed by atoms with E-state index in [0.717, 1.165) is 12.8 Å². The van der Waals surface area contributed by atoms with Crippen molar-refractivity contribution in [3.63, 3.8) is 0 Å². The first kappa shape index (κ1) is 12.6. The van der Waals surface area contributed by atoms with Crippen LogP contribution in [0.2, 0.25) is 0 Å². The Bertz CT molecular complexity index is 774. The number of allylic oxidation sites excluding steroid dienone is 4. The van der Waals surface area contributed by atoms with E-state index in [0.29, 0.717) is 5.92 Å². The molecule has 0 radical (unpaired) electrons. The Labute approximate surface area is 126 Å². The van der Waals surface area contributed by atoms with Crippen molar-refractivity contribution in [3.8, 4) is 0 Å². The van der Waals surface area contributed by atoms with Gasteiger partial charge in [0, 0.05) is 5.92 Å². The normalized spacial score (nSPS) is 19.5. The average molecular weight is 272 g/mol. The molecule has 0 heterocycles. The number of benzene rings is 2. The first-order valence-corrected chi connectivity index (χ1v) is 7.78. The van der Waals surface area contributed by atoms with Crippen molar-refractivity contribution in [1.29, 1.82) is 0 Å². The van der Waals surface area contributed by atoms with Gasteiger partial charge in [0.05, 0.1) is 0 Å². The fourth-order valence-corrected chi connectivity index (χ4v) is 3.91. The lowest BCUT2D eigenvalue weighted by Gasteiger charge is -2.12. The third kappa shape index (κ3) is 1.98. The fourth-order valence-electron chi connectivity index (χ4n) is 3.91. The molecule has 0 heteroatoms. The van der Waals surface area contributed by atoms with Crippen LogP contribution in [0.3, 0.4) is 0 Å². The Hall–Kier alpha value is -2.08. The maximum Gasteiger partial charge on any atom is 0.00674 e. The van der Waals surface area contributed by atoms with Gasteiger partial charge < -0.3 is 0 Å². The van der Waals surface area contributed by atoms with Crippen molar-refractivity contribution in [1.82, 2.24) is 0 Å². The second kappa shape index (κ2) is 4.73. The number of fused-ring (bicyclic) bond motifs is 2. The topological polar surface area (TPSA) is 0 Å². The van der Waals surface area contributed by atoms with Gasteiger partial charge in [0.1, 0.15) is 0 Å². The van der Waals surface area contributed by atoms with Crippen LogP contribution < -0.4 is 0 Å². The summed E-state index contributed by atoms with van der Waals surface area (Å²) < 4.78 is 0. The molecule has 2 aromatic carbocycles. The van der Waals surface area contributed by atoms with Gasteiger partial charge in [-0.15, -0.1) is 0 Å². The van der Waals surface area contributed by atoms with Crippen LogP contribution in [0.15, 0.2) is 60.2 Å². The van der Waals surface area contributed by atoms with Crippen LogP contribution in [0.5, 0.6) is 0 Å². The zero-order chi connectivity index (χ0) is 14.4. The standard InChI is InChI=1S/C21H20/c1-14-11-18(21-10-6-5-8-19(14)21)13-17-12-16-7-3-4-9-20(16)15(17)2/h3-11,18H,12-13H2,1-2H3. The quantitative estimate of drug-likeness (QED) is 0.667. The van der Waals surface area contributed by atoms with Crippen molar-refractivity contribution < 1.29 is 0 Å². The van der Waals surface area contributed by atoms with Gasteiger partial charge in [0.25, 0.3) is 0 Å². The van der Waals surface area contributed by atoms with Crippen LogP contribution in [-0.4, -0.2) is 0 Å². The number of hydrogen-bond donors (Lipinski definition) is 0. The summed E-state index contributed by atoms with van der Waals surface area (Å²) in [6.45, 7) is 4.53. The predicted molar refractivity (Wildman–Crippen MR) is 90.2 cm³/mol. The Morgan fingerprint density at radius 2 is 1.62 bits per heavy atom. The maximum absolute atomic E-state index is 2.45. The molecular formula is C21H20. The van der Waals surface area contributed by atoms with Crippen LogP contribution in [0, 0.1) is 0 Å². The molecule has 2 aliphatic rings. The maximum atomic E-state index is 2.45. The van der Waals surface area contributed by atoms with E-state index in [1.807, 2.05) is 0 Å². The SMILES string of the molecule is CC1=CC(CC2=C(C)c3ccccc3C2)c2ccccc21. The Morgan fingerprint density at radius 1 is 0.905 bits per heavy atom. The van der Waals surface area contributed by atoms with E-state index in [9.17, 15) is 0 Å². The molecule has 2 aromatic rings. The molecule has 0 bridgehead atoms. The monoisotopic (exact) mass is 272 g/mol. The Kier molecular flexibility index (Phi) is 2.85. The molecule has 0 N–H and O–H groups in total. The molecule has 2 aliphatic carbocycles. The van der Waals surface area contributed by atoms with Crippen LogP contribution in [0.1, 0.15) is 48.4 Å². The molecule has 0 saturated carbocycles. The molecule has 4 rings (SSSR count). The lowest BCUT2D eigenvalue weighted by atomic mass is 9.91. The zero-order valence-corrected chi connectivity index (χ0v) is 12.7. The molecule has 0 amide bonds. The predicted octanol–water partition coefficient (Wildman–Crippen LogP) is 5.61. The second-order valence-electron chi connectivity index (χ2n) is 6.31. The van der Waals surface area contributed by atoms with Gasteiger partial charge in [-0.3, -0.25) is 0 Å². The highest BCUT2D eigenvalue weighted by Gasteiger charge is 2.25. The first-order chi connectivity index (χ1) is 10.2. The van der Waals surface area contributed by atoms with Gasteiger partial charge in [-0.05, 0) is 60.1 Å². The summed E-state index contributed by atoms with van der Waals surface area (Å²) in [5.41, 5.74) is 10.5. The molecule has 1 atom stereocenters. The molecule has 1 unspecified atom stereocenters. The molecule has 0 nitrogen and oxygen atoms in total. The molecule has 104 valence electrons. The lowest BCUT2D eigenvalue weighted by Crippen LogP contribution is -1.96. The third-order valence-corrected chi connectivity index (χ3v) is 5.06. The summed E-state index contributed by atoms with van der Waals surface area (Å²) in [7, 11) is 0. The Morgan fingerprint density at radius 3 is 2.43 bits per heavy atom. The number of hydrogen-bond acceptors (Lipinski definition) is 0. The summed E-state index contributed by atoms with van der Waals surface area (Å²) >= 11 is 0. The first-order valence-electron chi connectivity index (χ1n) is 7.78. The largest absolute Gasteiger partial charge is 0.0731 e. The summed E-state index contributed by atoms with van der Waals surface area (Å²) in [4.78, 5) is 0. The molecule has 0 fully saturated rings. The van der Waals surface area contributed by atoms with Gasteiger partial charge in [-0.2, -0.15) is 0 Å². The van der Waals surface area contributed by atoms with E-state index in [2.05, 4.69) is 68.5 Å². The van der Waals surface area contributed by atoms with Gasteiger partial charge in [-0.25, -0.2) is 0 Å². The lowest BCUT2D eigenvalue weighted by molar-refractivity contribution is 0.822. The van der Waals surface area contributed by atoms with E-state index in [-0.39, 0.29) is 0 Å². The third-order valence-electron chi connectivity index (χ3n) is 5.06. The Balaban J connectivity index is 1.66. The summed E-state index contributed by atoms with van der Waals surface area (Å²) in [6, 6.07) is 17.7. The fraction of sp³-hybridized carbons (Fsp3) is 0.238. The van der Waals surface area contributed by atoms with Gasteiger partial charge >= 0.3 is 0 Å². The molecular weight excluding hydrogens is 252 g/mol. The van der Waals surface area contributed by atoms with Crippen LogP contribution in [-0.2, 0) is 6.42 Å². The van der Waals surface area contributed by atoms with Crippen LogP contribution in [0.25, 0.3) is 11.1 Å². The number of rotatable bonds is 2. The van der Waals surface area contributed by atoms with Crippen molar-refractivity contribution in [2.75, 3.05) is 0 Å². The summed E-state index contributed by atoms with van der Waals surface area (Å²) in [5.74, 6) is 0.556. The van der Waals surface area contributed by atoms with E-state index >= 15 is 0 Å². The zero-order valence-electron chi connectivity index (χ0n) is 12.7. The molecule has 0 spiro atoms. The van der Waals surface area contributed by atoms with E-state index < -0.39 is 0 Å². The van der Waals surface area contributed by atoms with E-state index in [1.165, 1.54) is 33.4 Å². The second-order valence-corrected chi connectivity index (χ2v) is 6.31. The smallest absolute Gasteiger partial charge is 0.00674 e. The molecule has 0 saturated heterocycles. The highest BCUT2D eigenvalue weighted by molar-refractivity contribution is 5.77. The highest BCUT2D eigenvalue weighted by Crippen LogP contribution is 2.43. The van der Waals surface area contributed by atoms with Gasteiger partial charge in [0.2, 0.25) is 0 Å². The minimum atomic E-state index is 0.556. The molecule has 21 heavy (non-hydrogen) atoms. The van der Waals surface area contributed by atoms with Gasteiger partial charge in [0.15, 0.2) is 0 Å². The van der Waals surface area contributed by atoms with E-state index in [1.54, 1.807) is 5.57 Å². The average Bonchev–Trinajstić information content (AvgIpc) is 2.99. The van der Waals surface area contributed by atoms with Crippen molar-refractivity contribution in [2.45, 2.75) is 32.6 Å². The van der Waals surface area contributed by atoms with Crippen molar-refractivity contribution in [2.24, 2.45) is 0 Å². The summed E-state index contributed by atoms with van der Waals surface area (Å²) in [6.07, 6.45) is 4.75. The van der Waals surface area contributed by atoms with Gasteiger partial charge in [-0.1, -0.05) is 60.2 Å². The highest BCUT2D eigenvalue weighted by atomic mass is 14.3. The van der Waals surface area contributed by atoms with Crippen LogP contribution in [0.4, 0.5) is 0 Å². The van der Waals surface area contributed by atoms with Crippen LogP contribution >= 0.6 is 0 Å². The molecule has 0 aromatic heterocycles.